The summed E-state index contributed by atoms with van der Waals surface area (Å²) in [5, 5.41) is 5.25. The number of carbonyl (C=O) groups excluding carboxylic acids is 4. The van der Waals surface area contributed by atoms with Gasteiger partial charge in [-0.1, -0.05) is 50.1 Å². The summed E-state index contributed by atoms with van der Waals surface area (Å²) in [6, 6.07) is 5.33. The van der Waals surface area contributed by atoms with Crippen molar-refractivity contribution in [3.8, 4) is 0 Å². The Bertz CT molecular complexity index is 847. The van der Waals surface area contributed by atoms with Gasteiger partial charge in [-0.3, -0.25) is 14.4 Å². The smallest absolute Gasteiger partial charge is 0.408 e. The van der Waals surface area contributed by atoms with Crippen LogP contribution in [-0.4, -0.2) is 60.6 Å². The van der Waals surface area contributed by atoms with E-state index in [2.05, 4.69) is 15.4 Å². The number of benzene rings is 1. The molecule has 1 aromatic carbocycles. The van der Waals surface area contributed by atoms with Gasteiger partial charge in [0.1, 0.15) is 24.2 Å². The molecule has 9 nitrogen and oxygen atoms in total. The van der Waals surface area contributed by atoms with E-state index in [4.69, 9.17) is 4.74 Å². The first-order chi connectivity index (χ1) is 15.8. The molecule has 0 fully saturated rings. The van der Waals surface area contributed by atoms with Crippen LogP contribution in [0, 0.1) is 12.8 Å². The van der Waals surface area contributed by atoms with Gasteiger partial charge in [-0.15, -0.1) is 0 Å². The molecule has 34 heavy (non-hydrogen) atoms. The van der Waals surface area contributed by atoms with E-state index in [1.807, 2.05) is 32.9 Å². The van der Waals surface area contributed by atoms with Crippen molar-refractivity contribution in [3.63, 3.8) is 0 Å². The van der Waals surface area contributed by atoms with Gasteiger partial charge in [-0.05, 0) is 46.1 Å². The third kappa shape index (κ3) is 8.68. The van der Waals surface area contributed by atoms with E-state index in [0.29, 0.717) is 12.0 Å². The fourth-order valence-electron chi connectivity index (χ4n) is 3.31. The van der Waals surface area contributed by atoms with Gasteiger partial charge >= 0.3 is 12.1 Å². The molecule has 3 unspecified atom stereocenters. The van der Waals surface area contributed by atoms with E-state index in [1.54, 1.807) is 39.8 Å². The second-order valence-electron chi connectivity index (χ2n) is 9.24. The number of carbonyl (C=O) groups is 4. The monoisotopic (exact) mass is 477 g/mol. The van der Waals surface area contributed by atoms with Gasteiger partial charge in [0.2, 0.25) is 11.8 Å². The number of rotatable bonds is 10. The van der Waals surface area contributed by atoms with E-state index in [-0.39, 0.29) is 19.0 Å². The van der Waals surface area contributed by atoms with Crippen LogP contribution in [-0.2, 0) is 23.9 Å². The molecule has 1 rings (SSSR count). The molecular formula is C25H39N3O6. The molecule has 0 heterocycles. The molecule has 2 N–H and O–H groups in total. The molecule has 0 aliphatic heterocycles. The number of alkyl carbamates (subject to hydrolysis) is 1. The molecule has 1 aromatic rings. The first-order valence-electron chi connectivity index (χ1n) is 11.6. The summed E-state index contributed by atoms with van der Waals surface area (Å²) in [7, 11) is 1.23. The van der Waals surface area contributed by atoms with Crippen molar-refractivity contribution in [1.82, 2.24) is 15.5 Å². The number of nitrogens with one attached hydrogen (secondary N) is 2. The summed E-state index contributed by atoms with van der Waals surface area (Å²) < 4.78 is 9.97. The number of aryl methyl sites for hydroxylation is 1. The molecule has 0 aromatic heterocycles. The molecule has 0 spiro atoms. The number of hydrogen-bond donors (Lipinski definition) is 2. The maximum atomic E-state index is 13.7. The molecule has 0 saturated carbocycles. The topological polar surface area (TPSA) is 114 Å². The largest absolute Gasteiger partial charge is 0.468 e. The van der Waals surface area contributed by atoms with Crippen LogP contribution in [0.2, 0.25) is 0 Å². The Labute approximate surface area is 202 Å². The molecule has 0 aliphatic rings. The Morgan fingerprint density at radius 2 is 1.65 bits per heavy atom. The van der Waals surface area contributed by atoms with Crippen molar-refractivity contribution < 1.29 is 28.7 Å². The Kier molecular flexibility index (Phi) is 11.0. The standard InChI is InChI=1S/C25H39N3O6/c1-9-17(4)20(27-24(32)34-25(5,6)7)23(31)28(10-2)21(18-13-11-16(3)12-14-18)22(30)26-15-19(29)33-8/h11-14,17,20-21H,9-10,15H2,1-8H3,(H,26,30)(H,27,32). The van der Waals surface area contributed by atoms with Crippen LogP contribution < -0.4 is 10.6 Å². The summed E-state index contributed by atoms with van der Waals surface area (Å²) in [5.41, 5.74) is 0.856. The SMILES string of the molecule is CCC(C)C(NC(=O)OC(C)(C)C)C(=O)N(CC)C(C(=O)NCC(=O)OC)c1ccc(C)cc1. The van der Waals surface area contributed by atoms with E-state index in [0.717, 1.165) is 5.56 Å². The Hall–Kier alpha value is -3.10. The summed E-state index contributed by atoms with van der Waals surface area (Å²) in [5.74, 6) is -1.76. The van der Waals surface area contributed by atoms with Crippen LogP contribution in [0.25, 0.3) is 0 Å². The van der Waals surface area contributed by atoms with Crippen LogP contribution in [0.4, 0.5) is 4.79 Å². The zero-order chi connectivity index (χ0) is 26.1. The van der Waals surface area contributed by atoms with Crippen molar-refractivity contribution in [2.45, 2.75) is 72.6 Å². The van der Waals surface area contributed by atoms with Gasteiger partial charge < -0.3 is 25.0 Å². The van der Waals surface area contributed by atoms with Gasteiger partial charge in [0.15, 0.2) is 0 Å². The van der Waals surface area contributed by atoms with Gasteiger partial charge in [0.25, 0.3) is 0 Å². The minimum atomic E-state index is -1.00. The zero-order valence-corrected chi connectivity index (χ0v) is 21.6. The van der Waals surface area contributed by atoms with Gasteiger partial charge in [-0.2, -0.15) is 0 Å². The summed E-state index contributed by atoms with van der Waals surface area (Å²) in [6.45, 7) is 12.5. The third-order valence-electron chi connectivity index (χ3n) is 5.36. The Morgan fingerprint density at radius 3 is 2.12 bits per heavy atom. The van der Waals surface area contributed by atoms with Crippen molar-refractivity contribution in [3.05, 3.63) is 35.4 Å². The highest BCUT2D eigenvalue weighted by molar-refractivity contribution is 5.93. The maximum Gasteiger partial charge on any atom is 0.408 e. The number of esters is 1. The highest BCUT2D eigenvalue weighted by Gasteiger charge is 2.37. The minimum Gasteiger partial charge on any atom is -0.468 e. The number of hydrogen-bond acceptors (Lipinski definition) is 6. The lowest BCUT2D eigenvalue weighted by Crippen LogP contribution is -2.55. The van der Waals surface area contributed by atoms with Crippen LogP contribution in [0.1, 0.15) is 65.1 Å². The quantitative estimate of drug-likeness (QED) is 0.501. The second kappa shape index (κ2) is 13.0. The molecule has 0 aliphatic carbocycles. The third-order valence-corrected chi connectivity index (χ3v) is 5.36. The lowest BCUT2D eigenvalue weighted by atomic mass is 9.95. The summed E-state index contributed by atoms with van der Waals surface area (Å²) in [6.07, 6.45) is -0.0859. The lowest BCUT2D eigenvalue weighted by Gasteiger charge is -2.35. The van der Waals surface area contributed by atoms with Gasteiger partial charge in [0, 0.05) is 6.54 Å². The fourth-order valence-corrected chi connectivity index (χ4v) is 3.31. The number of methoxy groups -OCH3 is 1. The highest BCUT2D eigenvalue weighted by atomic mass is 16.6. The Balaban J connectivity index is 3.34. The van der Waals surface area contributed by atoms with Crippen molar-refractivity contribution >= 4 is 23.9 Å². The van der Waals surface area contributed by atoms with Gasteiger partial charge in [0.05, 0.1) is 7.11 Å². The predicted octanol–water partition coefficient (Wildman–Crippen LogP) is 3.11. The molecule has 3 amide bonds. The maximum absolute atomic E-state index is 13.7. The number of amides is 3. The average Bonchev–Trinajstić information content (AvgIpc) is 2.77. The molecule has 0 radical (unpaired) electrons. The van der Waals surface area contributed by atoms with E-state index in [1.165, 1.54) is 12.0 Å². The van der Waals surface area contributed by atoms with Crippen LogP contribution in [0.15, 0.2) is 24.3 Å². The summed E-state index contributed by atoms with van der Waals surface area (Å²) >= 11 is 0. The highest BCUT2D eigenvalue weighted by Crippen LogP contribution is 2.25. The number of likely N-dealkylation sites (N-methyl/N-ethyl adjacent to an activating group) is 1. The molecule has 0 saturated heterocycles. The average molecular weight is 478 g/mol. The van der Waals surface area contributed by atoms with Crippen LogP contribution in [0.5, 0.6) is 0 Å². The Morgan fingerprint density at radius 1 is 1.06 bits per heavy atom. The molecule has 0 bridgehead atoms. The molecule has 9 heteroatoms. The lowest BCUT2D eigenvalue weighted by molar-refractivity contribution is -0.145. The van der Waals surface area contributed by atoms with Crippen LogP contribution >= 0.6 is 0 Å². The van der Waals surface area contributed by atoms with Gasteiger partial charge in [-0.25, -0.2) is 4.79 Å². The minimum absolute atomic E-state index is 0.200. The summed E-state index contributed by atoms with van der Waals surface area (Å²) in [4.78, 5) is 52.4. The van der Waals surface area contributed by atoms with E-state index in [9.17, 15) is 19.2 Å². The van der Waals surface area contributed by atoms with Crippen molar-refractivity contribution in [1.29, 1.82) is 0 Å². The first kappa shape index (κ1) is 28.9. The van der Waals surface area contributed by atoms with Crippen molar-refractivity contribution in [2.24, 2.45) is 5.92 Å². The van der Waals surface area contributed by atoms with Crippen LogP contribution in [0.3, 0.4) is 0 Å². The number of ether oxygens (including phenoxy) is 2. The first-order valence-corrected chi connectivity index (χ1v) is 11.6. The fraction of sp³-hybridized carbons (Fsp3) is 0.600. The number of nitrogens with zero attached hydrogens (tertiary/aromatic N) is 1. The van der Waals surface area contributed by atoms with E-state index >= 15 is 0 Å². The zero-order valence-electron chi connectivity index (χ0n) is 21.6. The molecule has 190 valence electrons. The molecular weight excluding hydrogens is 438 g/mol. The normalized spacial score (nSPS) is 13.8. The molecule has 3 atom stereocenters. The predicted molar refractivity (Wildman–Crippen MR) is 129 cm³/mol. The second-order valence-corrected chi connectivity index (χ2v) is 9.24. The van der Waals surface area contributed by atoms with E-state index < -0.39 is 41.6 Å². The van der Waals surface area contributed by atoms with Crippen molar-refractivity contribution in [2.75, 3.05) is 20.2 Å².